The van der Waals surface area contributed by atoms with Gasteiger partial charge in [-0.2, -0.15) is 0 Å². The molecule has 0 spiro atoms. The van der Waals surface area contributed by atoms with Crippen LogP contribution >= 0.6 is 0 Å². The monoisotopic (exact) mass is 430 g/mol. The number of carbonyl (C=O) groups excluding carboxylic acids is 1. The molecule has 0 heterocycles. The quantitative estimate of drug-likeness (QED) is 0.279. The molecule has 3 aromatic carbocycles. The maximum Gasteiger partial charge on any atom is 0.140 e. The Kier molecular flexibility index (Phi) is 8.49. The van der Waals surface area contributed by atoms with E-state index in [1.165, 1.54) is 5.56 Å². The van der Waals surface area contributed by atoms with Crippen molar-refractivity contribution in [2.45, 2.75) is 58.3 Å². The molecule has 32 heavy (non-hydrogen) atoms. The Morgan fingerprint density at radius 1 is 0.844 bits per heavy atom. The lowest BCUT2D eigenvalue weighted by Crippen LogP contribution is -2.30. The van der Waals surface area contributed by atoms with E-state index in [2.05, 4.69) is 26.0 Å². The highest BCUT2D eigenvalue weighted by Crippen LogP contribution is 2.32. The molecule has 3 nitrogen and oxygen atoms in total. The molecule has 0 radical (unpaired) electrons. The Balaban J connectivity index is 1.61. The van der Waals surface area contributed by atoms with Gasteiger partial charge >= 0.3 is 0 Å². The van der Waals surface area contributed by atoms with Crippen LogP contribution in [0.15, 0.2) is 78.9 Å². The first-order chi connectivity index (χ1) is 15.5. The molecule has 0 saturated heterocycles. The number of hydrogen-bond donors (Lipinski definition) is 0. The topological polar surface area (TPSA) is 35.5 Å². The van der Waals surface area contributed by atoms with Crippen molar-refractivity contribution in [2.24, 2.45) is 0 Å². The van der Waals surface area contributed by atoms with E-state index in [9.17, 15) is 4.79 Å². The highest BCUT2D eigenvalue weighted by Gasteiger charge is 2.31. The number of ketones is 1. The summed E-state index contributed by atoms with van der Waals surface area (Å²) in [6.07, 6.45) is 4.76. The van der Waals surface area contributed by atoms with Crippen LogP contribution in [0.5, 0.6) is 17.2 Å². The molecule has 0 aliphatic rings. The van der Waals surface area contributed by atoms with Crippen molar-refractivity contribution < 1.29 is 14.3 Å². The summed E-state index contributed by atoms with van der Waals surface area (Å²) in [7, 11) is 0. The predicted molar refractivity (Wildman–Crippen MR) is 131 cm³/mol. The van der Waals surface area contributed by atoms with Crippen LogP contribution in [0.3, 0.4) is 0 Å². The minimum atomic E-state index is -0.500. The zero-order chi connectivity index (χ0) is 22.8. The average molecular weight is 431 g/mol. The molecular weight excluding hydrogens is 396 g/mol. The van der Waals surface area contributed by atoms with Gasteiger partial charge in [-0.1, -0.05) is 55.8 Å². The van der Waals surface area contributed by atoms with Gasteiger partial charge in [-0.25, -0.2) is 0 Å². The third-order valence-corrected chi connectivity index (χ3v) is 6.05. The second-order valence-corrected chi connectivity index (χ2v) is 8.53. The Morgan fingerprint density at radius 3 is 2.25 bits per heavy atom. The van der Waals surface area contributed by atoms with Gasteiger partial charge in [0, 0.05) is 0 Å². The minimum absolute atomic E-state index is 0.193. The lowest BCUT2D eigenvalue weighted by Gasteiger charge is -2.27. The number of Topliss-reactive ketones (excluding diaryl/α,β-unsaturated/α-hetero) is 1. The lowest BCUT2D eigenvalue weighted by atomic mass is 9.75. The first-order valence-electron chi connectivity index (χ1n) is 11.6. The Hall–Kier alpha value is -3.07. The van der Waals surface area contributed by atoms with Gasteiger partial charge in [-0.05, 0) is 87.1 Å². The van der Waals surface area contributed by atoms with Gasteiger partial charge in [0.15, 0.2) is 0 Å². The molecule has 3 rings (SSSR count). The first kappa shape index (κ1) is 23.6. The summed E-state index contributed by atoms with van der Waals surface area (Å²) in [5, 5.41) is 0. The summed E-state index contributed by atoms with van der Waals surface area (Å²) in [6, 6.07) is 26.0. The number of para-hydroxylation sites is 1. The van der Waals surface area contributed by atoms with Crippen LogP contribution in [0.2, 0.25) is 0 Å². The number of carbonyl (C=O) groups is 1. The van der Waals surface area contributed by atoms with Crippen molar-refractivity contribution in [3.05, 3.63) is 90.0 Å². The Morgan fingerprint density at radius 2 is 1.56 bits per heavy atom. The molecule has 0 bridgehead atoms. The summed E-state index contributed by atoms with van der Waals surface area (Å²) >= 11 is 0. The van der Waals surface area contributed by atoms with Crippen molar-refractivity contribution in [2.75, 3.05) is 6.61 Å². The zero-order valence-electron chi connectivity index (χ0n) is 19.5. The standard InChI is InChI=1S/C29H34O3/c1-4-5-21-31-26-18-16-25(17-19-26)29(3,23(2)30)20-10-12-24-11-9-15-28(22-24)32-27-13-7-6-8-14-27/h6-9,11,13-19,22H,4-5,10,12,20-21H2,1-3H3. The van der Waals surface area contributed by atoms with E-state index >= 15 is 0 Å². The van der Waals surface area contributed by atoms with E-state index in [1.54, 1.807) is 6.92 Å². The van der Waals surface area contributed by atoms with Crippen LogP contribution in [-0.4, -0.2) is 12.4 Å². The Labute approximate surface area is 192 Å². The van der Waals surface area contributed by atoms with Crippen molar-refractivity contribution in [1.82, 2.24) is 0 Å². The van der Waals surface area contributed by atoms with Crippen molar-refractivity contribution >= 4 is 5.78 Å². The molecule has 1 unspecified atom stereocenters. The second kappa shape index (κ2) is 11.5. The van der Waals surface area contributed by atoms with Crippen LogP contribution in [0, 0.1) is 0 Å². The van der Waals surface area contributed by atoms with E-state index in [0.717, 1.165) is 61.5 Å². The molecule has 0 aromatic heterocycles. The highest BCUT2D eigenvalue weighted by atomic mass is 16.5. The van der Waals surface area contributed by atoms with Crippen molar-refractivity contribution in [3.63, 3.8) is 0 Å². The van der Waals surface area contributed by atoms with Gasteiger partial charge in [0.25, 0.3) is 0 Å². The largest absolute Gasteiger partial charge is 0.494 e. The van der Waals surface area contributed by atoms with Gasteiger partial charge < -0.3 is 9.47 Å². The first-order valence-corrected chi connectivity index (χ1v) is 11.6. The van der Waals surface area contributed by atoms with Crippen LogP contribution in [-0.2, 0) is 16.6 Å². The fourth-order valence-corrected chi connectivity index (χ4v) is 3.81. The van der Waals surface area contributed by atoms with E-state index in [1.807, 2.05) is 66.7 Å². The SMILES string of the molecule is CCCCOc1ccc(C(C)(CCCc2cccc(Oc3ccccc3)c2)C(C)=O)cc1. The predicted octanol–water partition coefficient (Wildman–Crippen LogP) is 7.53. The lowest BCUT2D eigenvalue weighted by molar-refractivity contribution is -0.122. The molecule has 1 atom stereocenters. The third kappa shape index (κ3) is 6.46. The van der Waals surface area contributed by atoms with Gasteiger partial charge in [-0.15, -0.1) is 0 Å². The normalized spacial score (nSPS) is 12.7. The van der Waals surface area contributed by atoms with E-state index in [-0.39, 0.29) is 5.78 Å². The van der Waals surface area contributed by atoms with Gasteiger partial charge in [0.2, 0.25) is 0 Å². The summed E-state index contributed by atoms with van der Waals surface area (Å²) < 4.78 is 11.7. The molecule has 0 N–H and O–H groups in total. The van der Waals surface area contributed by atoms with Crippen LogP contribution in [0.25, 0.3) is 0 Å². The summed E-state index contributed by atoms with van der Waals surface area (Å²) in [5.74, 6) is 2.72. The minimum Gasteiger partial charge on any atom is -0.494 e. The van der Waals surface area contributed by atoms with E-state index in [0.29, 0.717) is 0 Å². The zero-order valence-corrected chi connectivity index (χ0v) is 19.5. The molecule has 0 fully saturated rings. The number of rotatable bonds is 12. The molecular formula is C29H34O3. The van der Waals surface area contributed by atoms with Gasteiger partial charge in [0.1, 0.15) is 23.0 Å². The Bertz CT molecular complexity index is 979. The summed E-state index contributed by atoms with van der Waals surface area (Å²) in [6.45, 7) is 6.63. The molecule has 0 amide bonds. The average Bonchev–Trinajstić information content (AvgIpc) is 2.80. The van der Waals surface area contributed by atoms with Gasteiger partial charge in [-0.3, -0.25) is 4.79 Å². The second-order valence-electron chi connectivity index (χ2n) is 8.53. The summed E-state index contributed by atoms with van der Waals surface area (Å²) in [4.78, 5) is 12.6. The van der Waals surface area contributed by atoms with Crippen LogP contribution < -0.4 is 9.47 Å². The fourth-order valence-electron chi connectivity index (χ4n) is 3.81. The third-order valence-electron chi connectivity index (χ3n) is 6.05. The smallest absolute Gasteiger partial charge is 0.140 e. The van der Waals surface area contributed by atoms with Crippen molar-refractivity contribution in [3.8, 4) is 17.2 Å². The number of aryl methyl sites for hydroxylation is 1. The van der Waals surface area contributed by atoms with Crippen LogP contribution in [0.4, 0.5) is 0 Å². The molecule has 0 aliphatic heterocycles. The molecule has 3 heteroatoms. The molecule has 168 valence electrons. The maximum atomic E-state index is 12.6. The molecule has 0 saturated carbocycles. The van der Waals surface area contributed by atoms with E-state index < -0.39 is 5.41 Å². The summed E-state index contributed by atoms with van der Waals surface area (Å²) in [5.41, 5.74) is 1.76. The number of benzene rings is 3. The van der Waals surface area contributed by atoms with E-state index in [4.69, 9.17) is 9.47 Å². The fraction of sp³-hybridized carbons (Fsp3) is 0.345. The number of unbranched alkanes of at least 4 members (excludes halogenated alkanes) is 1. The van der Waals surface area contributed by atoms with Crippen molar-refractivity contribution in [1.29, 1.82) is 0 Å². The number of hydrogen-bond acceptors (Lipinski definition) is 3. The van der Waals surface area contributed by atoms with Gasteiger partial charge in [0.05, 0.1) is 12.0 Å². The molecule has 3 aromatic rings. The molecule has 0 aliphatic carbocycles. The maximum absolute atomic E-state index is 12.6. The van der Waals surface area contributed by atoms with Crippen LogP contribution in [0.1, 0.15) is 57.6 Å². The highest BCUT2D eigenvalue weighted by molar-refractivity contribution is 5.87. The number of ether oxygens (including phenoxy) is 2.